The number of nitrogens with one attached hydrogen (secondary N) is 1. The summed E-state index contributed by atoms with van der Waals surface area (Å²) in [6.45, 7) is 1.69. The monoisotopic (exact) mass is 313 g/mol. The first-order valence-corrected chi connectivity index (χ1v) is 7.61. The maximum Gasteiger partial charge on any atom is 0.337 e. The quantitative estimate of drug-likeness (QED) is 0.644. The molecule has 0 bridgehead atoms. The average Bonchev–Trinajstić information content (AvgIpc) is 2.41. The van der Waals surface area contributed by atoms with Gasteiger partial charge >= 0.3 is 5.97 Å². The lowest BCUT2D eigenvalue weighted by Gasteiger charge is -2.32. The Morgan fingerprint density at radius 3 is 2.76 bits per heavy atom. The summed E-state index contributed by atoms with van der Waals surface area (Å²) in [5.74, 6) is -1.80. The van der Waals surface area contributed by atoms with Crippen LogP contribution in [0.4, 0.5) is 5.69 Å². The smallest absolute Gasteiger partial charge is 0.337 e. The topological polar surface area (TPSA) is 130 Å². The number of carboxylic acids is 1. The number of carboxylic acid groups (broad SMARTS) is 1. The number of benzene rings is 1. The Kier molecular flexibility index (Phi) is 3.88. The van der Waals surface area contributed by atoms with E-state index in [1.807, 2.05) is 0 Å². The van der Waals surface area contributed by atoms with Gasteiger partial charge in [0.2, 0.25) is 15.9 Å². The number of rotatable bonds is 3. The number of hydrogen-bond acceptors (Lipinski definition) is 5. The maximum absolute atomic E-state index is 12.6. The molecule has 2 rings (SSSR count). The number of carbonyl (C=O) groups excluding carboxylic acids is 1. The van der Waals surface area contributed by atoms with Crippen LogP contribution in [0.25, 0.3) is 0 Å². The maximum atomic E-state index is 12.6. The second-order valence-electron chi connectivity index (χ2n) is 4.64. The summed E-state index contributed by atoms with van der Waals surface area (Å²) in [5.41, 5.74) is 5.32. The molecule has 21 heavy (non-hydrogen) atoms. The Bertz CT molecular complexity index is 701. The molecule has 1 aliphatic rings. The van der Waals surface area contributed by atoms with E-state index in [1.54, 1.807) is 0 Å². The van der Waals surface area contributed by atoms with Crippen molar-refractivity contribution in [3.63, 3.8) is 0 Å². The minimum Gasteiger partial charge on any atom is -0.478 e. The average molecular weight is 313 g/mol. The molecule has 8 nitrogen and oxygen atoms in total. The molecule has 1 aliphatic heterocycles. The minimum absolute atomic E-state index is 0.0725. The Hall–Kier alpha value is -2.13. The van der Waals surface area contributed by atoms with Gasteiger partial charge in [-0.25, -0.2) is 13.2 Å². The van der Waals surface area contributed by atoms with E-state index in [4.69, 9.17) is 10.8 Å². The first-order valence-electron chi connectivity index (χ1n) is 6.17. The van der Waals surface area contributed by atoms with Gasteiger partial charge in [0.1, 0.15) is 6.04 Å². The van der Waals surface area contributed by atoms with Crippen LogP contribution in [0.3, 0.4) is 0 Å². The number of carbonyl (C=O) groups is 2. The number of sulfonamides is 1. The van der Waals surface area contributed by atoms with Gasteiger partial charge in [-0.3, -0.25) is 4.79 Å². The van der Waals surface area contributed by atoms with Crippen LogP contribution < -0.4 is 11.1 Å². The third-order valence-corrected chi connectivity index (χ3v) is 5.28. The van der Waals surface area contributed by atoms with E-state index in [0.717, 1.165) is 16.4 Å². The standard InChI is InChI=1S/C12H15N3O5S/c1-7-11(16)14-4-5-15(7)21(19,20)10-6-8(13)2-3-9(10)12(17)18/h2-3,6-7H,4-5,13H2,1H3,(H,14,16)(H,17,18). The van der Waals surface area contributed by atoms with Crippen molar-refractivity contribution in [2.24, 2.45) is 0 Å². The second kappa shape index (κ2) is 5.34. The summed E-state index contributed by atoms with van der Waals surface area (Å²) in [6.07, 6.45) is 0. The lowest BCUT2D eigenvalue weighted by atomic mass is 10.2. The van der Waals surface area contributed by atoms with Crippen LogP contribution in [0.2, 0.25) is 0 Å². The fourth-order valence-corrected chi connectivity index (χ4v) is 3.96. The molecule has 1 heterocycles. The summed E-state index contributed by atoms with van der Waals surface area (Å²) in [5, 5.41) is 11.7. The van der Waals surface area contributed by atoms with Crippen LogP contribution in [0.1, 0.15) is 17.3 Å². The Balaban J connectivity index is 2.56. The van der Waals surface area contributed by atoms with E-state index in [-0.39, 0.29) is 24.3 Å². The molecule has 0 saturated carbocycles. The van der Waals surface area contributed by atoms with Crippen molar-refractivity contribution in [3.8, 4) is 0 Å². The molecule has 0 radical (unpaired) electrons. The molecule has 0 spiro atoms. The summed E-state index contributed by atoms with van der Waals surface area (Å²) < 4.78 is 26.3. The molecule has 1 amide bonds. The summed E-state index contributed by atoms with van der Waals surface area (Å²) in [6, 6.07) is 2.64. The van der Waals surface area contributed by atoms with Gasteiger partial charge in [0.25, 0.3) is 0 Å². The molecule has 1 aromatic rings. The van der Waals surface area contributed by atoms with E-state index < -0.39 is 32.8 Å². The predicted molar refractivity (Wildman–Crippen MR) is 74.2 cm³/mol. The number of nitrogen functional groups attached to an aromatic ring is 1. The summed E-state index contributed by atoms with van der Waals surface area (Å²) in [7, 11) is -4.13. The zero-order valence-corrected chi connectivity index (χ0v) is 12.1. The molecule has 9 heteroatoms. The van der Waals surface area contributed by atoms with E-state index in [0.29, 0.717) is 0 Å². The lowest BCUT2D eigenvalue weighted by molar-refractivity contribution is -0.126. The van der Waals surface area contributed by atoms with E-state index in [9.17, 15) is 18.0 Å². The van der Waals surface area contributed by atoms with Crippen molar-refractivity contribution in [1.82, 2.24) is 9.62 Å². The molecule has 1 saturated heterocycles. The molecule has 4 N–H and O–H groups in total. The Labute approximate surface area is 121 Å². The molecule has 1 aromatic carbocycles. The van der Waals surface area contributed by atoms with E-state index >= 15 is 0 Å². The van der Waals surface area contributed by atoms with Crippen molar-refractivity contribution in [2.75, 3.05) is 18.8 Å². The number of piperazine rings is 1. The zero-order valence-electron chi connectivity index (χ0n) is 11.2. The van der Waals surface area contributed by atoms with Gasteiger partial charge < -0.3 is 16.2 Å². The predicted octanol–water partition coefficient (Wildman–Crippen LogP) is -0.524. The van der Waals surface area contributed by atoms with Gasteiger partial charge in [0.05, 0.1) is 10.5 Å². The van der Waals surface area contributed by atoms with Crippen molar-refractivity contribution < 1.29 is 23.1 Å². The van der Waals surface area contributed by atoms with Crippen LogP contribution in [0.15, 0.2) is 23.1 Å². The number of anilines is 1. The zero-order chi connectivity index (χ0) is 15.8. The fourth-order valence-electron chi connectivity index (χ4n) is 2.15. The van der Waals surface area contributed by atoms with Gasteiger partial charge in [-0.15, -0.1) is 0 Å². The highest BCUT2D eigenvalue weighted by molar-refractivity contribution is 7.89. The number of nitrogens with zero attached hydrogens (tertiary/aromatic N) is 1. The summed E-state index contributed by atoms with van der Waals surface area (Å²) >= 11 is 0. The molecular formula is C12H15N3O5S. The minimum atomic E-state index is -4.13. The van der Waals surface area contributed by atoms with Gasteiger partial charge in [-0.05, 0) is 25.1 Å². The van der Waals surface area contributed by atoms with Crippen LogP contribution in [-0.4, -0.2) is 48.8 Å². The Morgan fingerprint density at radius 2 is 2.14 bits per heavy atom. The van der Waals surface area contributed by atoms with Crippen LogP contribution >= 0.6 is 0 Å². The number of hydrogen-bond donors (Lipinski definition) is 3. The highest BCUT2D eigenvalue weighted by Gasteiger charge is 2.37. The normalized spacial score (nSPS) is 20.0. The van der Waals surface area contributed by atoms with E-state index in [1.165, 1.54) is 13.0 Å². The number of amides is 1. The highest BCUT2D eigenvalue weighted by Crippen LogP contribution is 2.25. The molecule has 114 valence electrons. The highest BCUT2D eigenvalue weighted by atomic mass is 32.2. The molecule has 0 aromatic heterocycles. The largest absolute Gasteiger partial charge is 0.478 e. The molecular weight excluding hydrogens is 298 g/mol. The van der Waals surface area contributed by atoms with Crippen molar-refractivity contribution >= 4 is 27.6 Å². The lowest BCUT2D eigenvalue weighted by Crippen LogP contribution is -2.55. The van der Waals surface area contributed by atoms with E-state index in [2.05, 4.69) is 5.32 Å². The number of aromatic carboxylic acids is 1. The van der Waals surface area contributed by atoms with Crippen molar-refractivity contribution in [1.29, 1.82) is 0 Å². The van der Waals surface area contributed by atoms with Gasteiger partial charge in [0.15, 0.2) is 0 Å². The Morgan fingerprint density at radius 1 is 1.48 bits per heavy atom. The number of nitrogens with two attached hydrogens (primary N) is 1. The third-order valence-electron chi connectivity index (χ3n) is 3.27. The van der Waals surface area contributed by atoms with Crippen LogP contribution in [0.5, 0.6) is 0 Å². The van der Waals surface area contributed by atoms with Gasteiger partial charge in [-0.1, -0.05) is 0 Å². The molecule has 1 unspecified atom stereocenters. The second-order valence-corrected chi connectivity index (χ2v) is 6.50. The molecule has 1 atom stereocenters. The fraction of sp³-hybridized carbons (Fsp3) is 0.333. The van der Waals surface area contributed by atoms with Crippen molar-refractivity contribution in [2.45, 2.75) is 17.9 Å². The van der Waals surface area contributed by atoms with Crippen molar-refractivity contribution in [3.05, 3.63) is 23.8 Å². The van der Waals surface area contributed by atoms with Crippen LogP contribution in [0, 0.1) is 0 Å². The molecule has 1 fully saturated rings. The first-order chi connectivity index (χ1) is 9.75. The van der Waals surface area contributed by atoms with Gasteiger partial charge in [0, 0.05) is 18.8 Å². The van der Waals surface area contributed by atoms with Gasteiger partial charge in [-0.2, -0.15) is 4.31 Å². The molecule has 0 aliphatic carbocycles. The first kappa shape index (κ1) is 15.3. The van der Waals surface area contributed by atoms with Crippen LogP contribution in [-0.2, 0) is 14.8 Å². The summed E-state index contributed by atoms with van der Waals surface area (Å²) in [4.78, 5) is 22.4. The third kappa shape index (κ3) is 2.69. The SMILES string of the molecule is CC1C(=O)NCCN1S(=O)(=O)c1cc(N)ccc1C(=O)O.